The monoisotopic (exact) mass is 290 g/mol. The molecule has 0 amide bonds. The summed E-state index contributed by atoms with van der Waals surface area (Å²) < 4.78 is 5.38. The van der Waals surface area contributed by atoms with Gasteiger partial charge in [0.15, 0.2) is 0 Å². The number of hydrogen-bond acceptors (Lipinski definition) is 3. The Morgan fingerprint density at radius 2 is 1.86 bits per heavy atom. The molecule has 0 saturated heterocycles. The number of carboxylic acid groups (broad SMARTS) is 1. The van der Waals surface area contributed by atoms with Crippen molar-refractivity contribution in [3.63, 3.8) is 0 Å². The van der Waals surface area contributed by atoms with Gasteiger partial charge in [-0.15, -0.1) is 0 Å². The molecule has 0 spiro atoms. The molecule has 0 heterocycles. The van der Waals surface area contributed by atoms with Crippen LogP contribution in [0.25, 0.3) is 0 Å². The molecule has 1 N–H and O–H groups in total. The van der Waals surface area contributed by atoms with Gasteiger partial charge in [-0.05, 0) is 18.4 Å². The summed E-state index contributed by atoms with van der Waals surface area (Å²) >= 11 is 0. The van der Waals surface area contributed by atoms with Crippen molar-refractivity contribution in [3.8, 4) is 0 Å². The minimum absolute atomic E-state index is 0.325. The maximum absolute atomic E-state index is 11.6. The van der Waals surface area contributed by atoms with Gasteiger partial charge in [0.2, 0.25) is 0 Å². The molecule has 0 aliphatic carbocycles. The number of rotatable bonds is 9. The van der Waals surface area contributed by atoms with Crippen molar-refractivity contribution >= 4 is 11.9 Å². The van der Waals surface area contributed by atoms with Crippen LogP contribution in [0, 0.1) is 0 Å². The van der Waals surface area contributed by atoms with Gasteiger partial charge in [0.1, 0.15) is 6.10 Å². The number of carbonyl (C=O) groups excluding carboxylic acids is 1. The van der Waals surface area contributed by atoms with E-state index in [2.05, 4.69) is 6.92 Å². The number of aliphatic carboxylic acids is 1. The van der Waals surface area contributed by atoms with E-state index in [1.807, 2.05) is 30.3 Å². The molecular weight excluding hydrogens is 268 g/mol. The summed E-state index contributed by atoms with van der Waals surface area (Å²) in [6.45, 7) is 2.14. The first-order chi connectivity index (χ1) is 10.1. The van der Waals surface area contributed by atoms with Crippen LogP contribution in [0.3, 0.4) is 0 Å². The highest BCUT2D eigenvalue weighted by atomic mass is 16.5. The fraction of sp³-hybridized carbons (Fsp3) is 0.412. The normalized spacial score (nSPS) is 12.2. The molecule has 1 unspecified atom stereocenters. The van der Waals surface area contributed by atoms with Crippen molar-refractivity contribution in [2.45, 2.75) is 45.1 Å². The van der Waals surface area contributed by atoms with E-state index >= 15 is 0 Å². The van der Waals surface area contributed by atoms with Crippen LogP contribution in [0.15, 0.2) is 42.5 Å². The van der Waals surface area contributed by atoms with Crippen molar-refractivity contribution in [1.82, 2.24) is 0 Å². The number of carbonyl (C=O) groups is 2. The van der Waals surface area contributed by atoms with Crippen molar-refractivity contribution in [1.29, 1.82) is 0 Å². The van der Waals surface area contributed by atoms with Gasteiger partial charge in [-0.3, -0.25) is 0 Å². The zero-order chi connectivity index (χ0) is 15.5. The van der Waals surface area contributed by atoms with Crippen LogP contribution in [0.1, 0.15) is 50.7 Å². The highest BCUT2D eigenvalue weighted by Crippen LogP contribution is 2.24. The topological polar surface area (TPSA) is 63.6 Å². The first-order valence-electron chi connectivity index (χ1n) is 7.30. The lowest BCUT2D eigenvalue weighted by Gasteiger charge is -2.17. The lowest BCUT2D eigenvalue weighted by Crippen LogP contribution is -2.10. The molecule has 0 aliphatic heterocycles. The van der Waals surface area contributed by atoms with Crippen molar-refractivity contribution in [3.05, 3.63) is 48.0 Å². The molecule has 0 bridgehead atoms. The van der Waals surface area contributed by atoms with Crippen LogP contribution >= 0.6 is 0 Å². The van der Waals surface area contributed by atoms with Gasteiger partial charge in [0.05, 0.1) is 0 Å². The molecule has 1 atom stereocenters. The van der Waals surface area contributed by atoms with Gasteiger partial charge in [-0.1, -0.05) is 56.5 Å². The molecule has 4 heteroatoms. The summed E-state index contributed by atoms with van der Waals surface area (Å²) in [5.74, 6) is -1.78. The van der Waals surface area contributed by atoms with Gasteiger partial charge in [-0.2, -0.15) is 0 Å². The Morgan fingerprint density at radius 1 is 1.14 bits per heavy atom. The summed E-state index contributed by atoms with van der Waals surface area (Å²) in [6, 6.07) is 9.53. The van der Waals surface area contributed by atoms with Crippen molar-refractivity contribution in [2.75, 3.05) is 0 Å². The van der Waals surface area contributed by atoms with E-state index in [4.69, 9.17) is 9.84 Å². The molecular formula is C17H22O4. The summed E-state index contributed by atoms with van der Waals surface area (Å²) in [4.78, 5) is 22.1. The fourth-order valence-electron chi connectivity index (χ4n) is 2.04. The van der Waals surface area contributed by atoms with E-state index in [0.29, 0.717) is 0 Å². The van der Waals surface area contributed by atoms with Crippen LogP contribution < -0.4 is 0 Å². The molecule has 21 heavy (non-hydrogen) atoms. The summed E-state index contributed by atoms with van der Waals surface area (Å²) in [5, 5.41) is 8.52. The maximum atomic E-state index is 11.6. The summed E-state index contributed by atoms with van der Waals surface area (Å²) in [6.07, 6.45) is 6.55. The standard InChI is InChI=1S/C17H22O4/c1-2-3-4-8-11-15(14-9-6-5-7-10-14)21-17(20)13-12-16(18)19/h5-7,9-10,12-13,15H,2-4,8,11H2,1H3,(H,18,19)/b13-12-. The first-order valence-corrected chi connectivity index (χ1v) is 7.30. The van der Waals surface area contributed by atoms with Crippen LogP contribution in [0.4, 0.5) is 0 Å². The average Bonchev–Trinajstić information content (AvgIpc) is 2.49. The van der Waals surface area contributed by atoms with E-state index in [-0.39, 0.29) is 6.10 Å². The Hall–Kier alpha value is -2.10. The smallest absolute Gasteiger partial charge is 0.331 e. The number of ether oxygens (including phenoxy) is 1. The van der Waals surface area contributed by atoms with Crippen molar-refractivity contribution < 1.29 is 19.4 Å². The second kappa shape index (κ2) is 9.75. The van der Waals surface area contributed by atoms with E-state index in [1.165, 1.54) is 0 Å². The zero-order valence-corrected chi connectivity index (χ0v) is 12.3. The highest BCUT2D eigenvalue weighted by Gasteiger charge is 2.15. The third kappa shape index (κ3) is 7.30. The summed E-state index contributed by atoms with van der Waals surface area (Å²) in [7, 11) is 0. The van der Waals surface area contributed by atoms with E-state index < -0.39 is 11.9 Å². The molecule has 114 valence electrons. The van der Waals surface area contributed by atoms with E-state index in [9.17, 15) is 9.59 Å². The predicted octanol–water partition coefficient (Wildman–Crippen LogP) is 3.88. The number of benzene rings is 1. The minimum Gasteiger partial charge on any atom is -0.478 e. The molecule has 0 radical (unpaired) electrons. The SMILES string of the molecule is CCCCCCC(OC(=O)/C=C\C(=O)O)c1ccccc1. The largest absolute Gasteiger partial charge is 0.478 e. The lowest BCUT2D eigenvalue weighted by atomic mass is 10.0. The second-order valence-corrected chi connectivity index (χ2v) is 4.86. The highest BCUT2D eigenvalue weighted by molar-refractivity contribution is 5.90. The van der Waals surface area contributed by atoms with Gasteiger partial charge >= 0.3 is 11.9 Å². The second-order valence-electron chi connectivity index (χ2n) is 4.86. The molecule has 0 saturated carbocycles. The van der Waals surface area contributed by atoms with Crippen LogP contribution in [0.2, 0.25) is 0 Å². The minimum atomic E-state index is -1.16. The fourth-order valence-corrected chi connectivity index (χ4v) is 2.04. The maximum Gasteiger partial charge on any atom is 0.331 e. The molecule has 1 rings (SSSR count). The van der Waals surface area contributed by atoms with Gasteiger partial charge < -0.3 is 9.84 Å². The Kier molecular flexibility index (Phi) is 7.87. The molecule has 0 fully saturated rings. The van der Waals surface area contributed by atoms with E-state index in [0.717, 1.165) is 49.8 Å². The van der Waals surface area contributed by atoms with Crippen molar-refractivity contribution in [2.24, 2.45) is 0 Å². The molecule has 1 aromatic carbocycles. The third-order valence-corrected chi connectivity index (χ3v) is 3.11. The third-order valence-electron chi connectivity index (χ3n) is 3.11. The summed E-state index contributed by atoms with van der Waals surface area (Å²) in [5.41, 5.74) is 0.936. The molecule has 1 aromatic rings. The number of unbranched alkanes of at least 4 members (excludes halogenated alkanes) is 3. The Balaban J connectivity index is 2.63. The molecule has 4 nitrogen and oxygen atoms in total. The van der Waals surface area contributed by atoms with Crippen LogP contribution in [-0.2, 0) is 14.3 Å². The van der Waals surface area contributed by atoms with Gasteiger partial charge in [0.25, 0.3) is 0 Å². The van der Waals surface area contributed by atoms with Crippen LogP contribution in [-0.4, -0.2) is 17.0 Å². The number of esters is 1. The Morgan fingerprint density at radius 3 is 2.48 bits per heavy atom. The van der Waals surface area contributed by atoms with Crippen LogP contribution in [0.5, 0.6) is 0 Å². The number of carboxylic acids is 1. The Labute approximate surface area is 125 Å². The van der Waals surface area contributed by atoms with Gasteiger partial charge in [0, 0.05) is 12.2 Å². The average molecular weight is 290 g/mol. The number of hydrogen-bond donors (Lipinski definition) is 1. The quantitative estimate of drug-likeness (QED) is 0.426. The predicted molar refractivity (Wildman–Crippen MR) is 80.8 cm³/mol. The zero-order valence-electron chi connectivity index (χ0n) is 12.3. The lowest BCUT2D eigenvalue weighted by molar-refractivity contribution is -0.144. The van der Waals surface area contributed by atoms with Gasteiger partial charge in [-0.25, -0.2) is 9.59 Å². The van der Waals surface area contributed by atoms with E-state index in [1.54, 1.807) is 0 Å². The molecule has 0 aromatic heterocycles. The molecule has 0 aliphatic rings. The first kappa shape index (κ1) is 17.0. The Bertz CT molecular complexity index is 465.